The molecule has 0 atom stereocenters. The van der Waals surface area contributed by atoms with E-state index >= 15 is 0 Å². The summed E-state index contributed by atoms with van der Waals surface area (Å²) in [5.74, 6) is 3.56. The minimum absolute atomic E-state index is 0.998. The zero-order valence-electron chi connectivity index (χ0n) is 7.38. The first-order chi connectivity index (χ1) is 6.43. The summed E-state index contributed by atoms with van der Waals surface area (Å²) in [7, 11) is 0. The van der Waals surface area contributed by atoms with Gasteiger partial charge in [0.1, 0.15) is 0 Å². The lowest BCUT2D eigenvalue weighted by Gasteiger charge is -1.88. The van der Waals surface area contributed by atoms with E-state index in [9.17, 15) is 0 Å². The molecule has 2 saturated heterocycles. The van der Waals surface area contributed by atoms with E-state index in [2.05, 4.69) is 10.6 Å². The van der Waals surface area contributed by atoms with Crippen molar-refractivity contribution in [2.24, 2.45) is 0 Å². The van der Waals surface area contributed by atoms with Crippen molar-refractivity contribution < 1.29 is 0 Å². The number of hydrogen-bond donors (Lipinski definition) is 2. The van der Waals surface area contributed by atoms with E-state index in [0.717, 1.165) is 17.3 Å². The van der Waals surface area contributed by atoms with Crippen molar-refractivity contribution in [3.8, 4) is 6.07 Å². The molecular weight excluding hydrogens is 202 g/mol. The molecule has 2 heterocycles. The minimum Gasteiger partial charge on any atom is -0.378 e. The molecule has 0 amide bonds. The number of thioether (sulfide) groups is 2. The first-order valence-corrected chi connectivity index (χ1v) is 6.32. The van der Waals surface area contributed by atoms with Crippen LogP contribution in [0.1, 0.15) is 0 Å². The number of rotatable bonds is 0. The van der Waals surface area contributed by atoms with E-state index in [1.54, 1.807) is 11.8 Å². The van der Waals surface area contributed by atoms with Gasteiger partial charge in [0.25, 0.3) is 0 Å². The third kappa shape index (κ3) is 5.09. The number of hydrogen-bond acceptors (Lipinski definition) is 5. The average Bonchev–Trinajstić information content (AvgIpc) is 2.79. The molecule has 0 spiro atoms. The molecule has 3 nitrogen and oxygen atoms in total. The number of nitrogens with one attached hydrogen (secondary N) is 2. The average molecular weight is 215 g/mol. The van der Waals surface area contributed by atoms with Crippen LogP contribution in [0, 0.1) is 11.3 Å². The van der Waals surface area contributed by atoms with Gasteiger partial charge in [0, 0.05) is 36.5 Å². The maximum Gasteiger partial charge on any atom is 0.0939 e. The molecule has 0 aromatic carbocycles. The lowest BCUT2D eigenvalue weighted by atomic mass is 10.6. The van der Waals surface area contributed by atoms with Gasteiger partial charge in [-0.2, -0.15) is 5.26 Å². The van der Waals surface area contributed by atoms with Gasteiger partial charge in [0.05, 0.1) is 11.1 Å². The van der Waals surface area contributed by atoms with Crippen LogP contribution in [0.25, 0.3) is 0 Å². The molecule has 2 rings (SSSR count). The van der Waals surface area contributed by atoms with E-state index in [0.29, 0.717) is 0 Å². The molecule has 0 aromatic rings. The molecule has 2 fully saturated rings. The Hall–Kier alpha value is -0.310. The highest BCUT2D eigenvalue weighted by Gasteiger charge is 2.03. The predicted molar refractivity (Wildman–Crippen MR) is 59.5 cm³/mol. The van der Waals surface area contributed by atoms with Gasteiger partial charge in [-0.25, -0.2) is 0 Å². The van der Waals surface area contributed by atoms with Gasteiger partial charge in [0.15, 0.2) is 0 Å². The number of nitriles is 1. The normalized spacial score (nSPS) is 23.2. The van der Waals surface area contributed by atoms with Crippen LogP contribution in [0.3, 0.4) is 0 Å². The maximum atomic E-state index is 8.15. The molecular formula is C8H13N3S2. The predicted octanol–water partition coefficient (Wildman–Crippen LogP) is 0.968. The minimum atomic E-state index is 0.998. The second-order valence-electron chi connectivity index (χ2n) is 2.47. The summed E-state index contributed by atoms with van der Waals surface area (Å²) in [6.45, 7) is 2.21. The van der Waals surface area contributed by atoms with Gasteiger partial charge in [-0.3, -0.25) is 0 Å². The SMILES string of the molecule is C1CSCN1.N#C/C=C1\NCCS1. The quantitative estimate of drug-likeness (QED) is 0.590. The van der Waals surface area contributed by atoms with Crippen molar-refractivity contribution in [1.29, 1.82) is 5.26 Å². The third-order valence-electron chi connectivity index (χ3n) is 1.48. The molecule has 0 unspecified atom stereocenters. The molecule has 2 N–H and O–H groups in total. The number of allylic oxidation sites excluding steroid dienone is 1. The molecule has 2 aliphatic heterocycles. The van der Waals surface area contributed by atoms with Crippen LogP contribution < -0.4 is 10.6 Å². The third-order valence-corrected chi connectivity index (χ3v) is 3.36. The van der Waals surface area contributed by atoms with E-state index in [1.807, 2.05) is 17.8 Å². The molecule has 0 radical (unpaired) electrons. The molecule has 0 saturated carbocycles. The molecule has 0 bridgehead atoms. The summed E-state index contributed by atoms with van der Waals surface area (Å²) in [6, 6.07) is 1.96. The van der Waals surface area contributed by atoms with E-state index in [-0.39, 0.29) is 0 Å². The monoisotopic (exact) mass is 215 g/mol. The lowest BCUT2D eigenvalue weighted by molar-refractivity contribution is 0.885. The Kier molecular flexibility index (Phi) is 5.90. The van der Waals surface area contributed by atoms with E-state index in [1.165, 1.54) is 24.3 Å². The highest BCUT2D eigenvalue weighted by molar-refractivity contribution is 8.03. The zero-order chi connectivity index (χ0) is 9.36. The Morgan fingerprint density at radius 2 is 2.31 bits per heavy atom. The summed E-state index contributed by atoms with van der Waals surface area (Å²) >= 11 is 3.66. The van der Waals surface area contributed by atoms with Gasteiger partial charge < -0.3 is 10.6 Å². The van der Waals surface area contributed by atoms with Crippen molar-refractivity contribution >= 4 is 23.5 Å². The fourth-order valence-corrected chi connectivity index (χ4v) is 2.38. The van der Waals surface area contributed by atoms with E-state index in [4.69, 9.17) is 5.26 Å². The Bertz CT molecular complexity index is 190. The van der Waals surface area contributed by atoms with Gasteiger partial charge >= 0.3 is 0 Å². The van der Waals surface area contributed by atoms with Crippen LogP contribution in [-0.2, 0) is 0 Å². The molecule has 13 heavy (non-hydrogen) atoms. The van der Waals surface area contributed by atoms with Crippen molar-refractivity contribution in [2.75, 3.05) is 30.5 Å². The van der Waals surface area contributed by atoms with Gasteiger partial charge in [-0.05, 0) is 0 Å². The molecule has 0 aliphatic carbocycles. The highest BCUT2D eigenvalue weighted by Crippen LogP contribution is 2.16. The lowest BCUT2D eigenvalue weighted by Crippen LogP contribution is -2.04. The highest BCUT2D eigenvalue weighted by atomic mass is 32.2. The molecule has 2 aliphatic rings. The summed E-state index contributed by atoms with van der Waals surface area (Å²) in [4.78, 5) is 0. The van der Waals surface area contributed by atoms with Crippen molar-refractivity contribution in [3.05, 3.63) is 11.1 Å². The van der Waals surface area contributed by atoms with Crippen LogP contribution in [0.2, 0.25) is 0 Å². The fraction of sp³-hybridized carbons (Fsp3) is 0.625. The summed E-state index contributed by atoms with van der Waals surface area (Å²) in [6.07, 6.45) is 1.54. The largest absolute Gasteiger partial charge is 0.378 e. The molecule has 5 heteroatoms. The van der Waals surface area contributed by atoms with Gasteiger partial charge in [-0.1, -0.05) is 0 Å². The van der Waals surface area contributed by atoms with Crippen LogP contribution in [0.15, 0.2) is 11.1 Å². The Labute approximate surface area is 87.3 Å². The Morgan fingerprint density at radius 1 is 1.38 bits per heavy atom. The van der Waals surface area contributed by atoms with Gasteiger partial charge in [-0.15, -0.1) is 23.5 Å². The molecule has 0 aromatic heterocycles. The van der Waals surface area contributed by atoms with Crippen LogP contribution in [0.5, 0.6) is 0 Å². The Balaban J connectivity index is 0.000000145. The van der Waals surface area contributed by atoms with E-state index < -0.39 is 0 Å². The first-order valence-electron chi connectivity index (χ1n) is 4.18. The second-order valence-corrected chi connectivity index (χ2v) is 4.71. The number of nitrogens with zero attached hydrogens (tertiary/aromatic N) is 1. The summed E-state index contributed by atoms with van der Waals surface area (Å²) in [5, 5.41) is 15.4. The van der Waals surface area contributed by atoms with Crippen molar-refractivity contribution in [1.82, 2.24) is 10.6 Å². The fourth-order valence-electron chi connectivity index (χ4n) is 0.898. The van der Waals surface area contributed by atoms with Gasteiger partial charge in [0.2, 0.25) is 0 Å². The van der Waals surface area contributed by atoms with Crippen LogP contribution in [-0.4, -0.2) is 30.5 Å². The summed E-state index contributed by atoms with van der Waals surface area (Å²) in [5.41, 5.74) is 0. The Morgan fingerprint density at radius 3 is 2.69 bits per heavy atom. The second kappa shape index (κ2) is 7.13. The maximum absolute atomic E-state index is 8.15. The van der Waals surface area contributed by atoms with Crippen molar-refractivity contribution in [3.63, 3.8) is 0 Å². The van der Waals surface area contributed by atoms with Crippen LogP contribution in [0.4, 0.5) is 0 Å². The first kappa shape index (κ1) is 10.8. The standard InChI is InChI=1S/C5H6N2S.C3H7NS/c6-2-1-5-7-3-4-8-5;1-2-5-3-4-1/h1,7H,3-4H2;4H,1-3H2/b5-1+;. The molecule has 72 valence electrons. The van der Waals surface area contributed by atoms with Crippen LogP contribution >= 0.6 is 23.5 Å². The van der Waals surface area contributed by atoms with Crippen molar-refractivity contribution in [2.45, 2.75) is 0 Å². The topological polar surface area (TPSA) is 47.9 Å². The zero-order valence-corrected chi connectivity index (χ0v) is 9.01. The summed E-state index contributed by atoms with van der Waals surface area (Å²) < 4.78 is 0. The smallest absolute Gasteiger partial charge is 0.0939 e.